The SMILES string of the molecule is C[C@@H]1CNC[C@H]1n1cc(C2CCCC2)nn1. The molecule has 1 aliphatic heterocycles. The average molecular weight is 220 g/mol. The standard InChI is InChI=1S/C12H20N4/c1-9-6-13-7-12(9)16-8-11(14-15-16)10-4-2-3-5-10/h8-10,12-13H,2-7H2,1H3/t9-,12-/m1/s1. The van der Waals surface area contributed by atoms with Crippen molar-refractivity contribution in [1.82, 2.24) is 20.3 Å². The van der Waals surface area contributed by atoms with Crippen molar-refractivity contribution in [3.8, 4) is 0 Å². The monoisotopic (exact) mass is 220 g/mol. The summed E-state index contributed by atoms with van der Waals surface area (Å²) >= 11 is 0. The van der Waals surface area contributed by atoms with Gasteiger partial charge in [-0.15, -0.1) is 5.10 Å². The minimum absolute atomic E-state index is 0.502. The Morgan fingerprint density at radius 1 is 1.31 bits per heavy atom. The van der Waals surface area contributed by atoms with E-state index in [1.165, 1.54) is 31.4 Å². The molecule has 1 aliphatic carbocycles. The van der Waals surface area contributed by atoms with Gasteiger partial charge < -0.3 is 5.32 Å². The first kappa shape index (κ1) is 10.3. The number of nitrogens with one attached hydrogen (secondary N) is 1. The molecule has 3 rings (SSSR count). The number of aromatic nitrogens is 3. The van der Waals surface area contributed by atoms with Crippen LogP contribution in [0.4, 0.5) is 0 Å². The molecule has 1 saturated heterocycles. The van der Waals surface area contributed by atoms with Crippen molar-refractivity contribution >= 4 is 0 Å². The minimum Gasteiger partial charge on any atom is -0.314 e. The molecule has 2 aliphatic rings. The molecule has 1 saturated carbocycles. The van der Waals surface area contributed by atoms with Crippen molar-refractivity contribution in [2.24, 2.45) is 5.92 Å². The predicted octanol–water partition coefficient (Wildman–Crippen LogP) is 1.72. The summed E-state index contributed by atoms with van der Waals surface area (Å²) in [6, 6.07) is 0.502. The van der Waals surface area contributed by atoms with Gasteiger partial charge in [-0.3, -0.25) is 0 Å². The van der Waals surface area contributed by atoms with Gasteiger partial charge in [0.2, 0.25) is 0 Å². The zero-order valence-corrected chi connectivity index (χ0v) is 9.89. The summed E-state index contributed by atoms with van der Waals surface area (Å²) in [5, 5.41) is 12.1. The van der Waals surface area contributed by atoms with E-state index in [2.05, 4.69) is 33.4 Å². The maximum Gasteiger partial charge on any atom is 0.0858 e. The van der Waals surface area contributed by atoms with Gasteiger partial charge in [-0.05, 0) is 25.3 Å². The van der Waals surface area contributed by atoms with Crippen LogP contribution in [0.5, 0.6) is 0 Å². The van der Waals surface area contributed by atoms with Crippen molar-refractivity contribution in [3.05, 3.63) is 11.9 Å². The van der Waals surface area contributed by atoms with Crippen LogP contribution in [-0.2, 0) is 0 Å². The third-order valence-electron chi connectivity index (χ3n) is 4.12. The van der Waals surface area contributed by atoms with Gasteiger partial charge in [0, 0.05) is 18.7 Å². The van der Waals surface area contributed by atoms with E-state index in [-0.39, 0.29) is 0 Å². The van der Waals surface area contributed by atoms with Crippen LogP contribution in [0.2, 0.25) is 0 Å². The smallest absolute Gasteiger partial charge is 0.0858 e. The zero-order chi connectivity index (χ0) is 11.0. The van der Waals surface area contributed by atoms with Crippen molar-refractivity contribution in [2.75, 3.05) is 13.1 Å². The van der Waals surface area contributed by atoms with Crippen LogP contribution in [0.15, 0.2) is 6.20 Å². The Morgan fingerprint density at radius 2 is 2.12 bits per heavy atom. The fraction of sp³-hybridized carbons (Fsp3) is 0.833. The number of rotatable bonds is 2. The van der Waals surface area contributed by atoms with Gasteiger partial charge in [0.05, 0.1) is 11.7 Å². The molecule has 4 heteroatoms. The van der Waals surface area contributed by atoms with Gasteiger partial charge in [0.1, 0.15) is 0 Å². The lowest BCUT2D eigenvalue weighted by Crippen LogP contribution is -2.16. The highest BCUT2D eigenvalue weighted by molar-refractivity contribution is 5.05. The van der Waals surface area contributed by atoms with Crippen LogP contribution >= 0.6 is 0 Å². The molecule has 2 fully saturated rings. The molecule has 0 aromatic carbocycles. The Bertz CT molecular complexity index is 354. The van der Waals surface area contributed by atoms with Gasteiger partial charge in [-0.2, -0.15) is 0 Å². The van der Waals surface area contributed by atoms with Crippen molar-refractivity contribution < 1.29 is 0 Å². The summed E-state index contributed by atoms with van der Waals surface area (Å²) in [4.78, 5) is 0. The molecule has 2 atom stereocenters. The van der Waals surface area contributed by atoms with E-state index in [9.17, 15) is 0 Å². The molecular formula is C12H20N4. The Labute approximate surface area is 96.4 Å². The van der Waals surface area contributed by atoms with Crippen LogP contribution < -0.4 is 5.32 Å². The van der Waals surface area contributed by atoms with Crippen LogP contribution in [0.1, 0.15) is 50.3 Å². The molecule has 4 nitrogen and oxygen atoms in total. The Hall–Kier alpha value is -0.900. The lowest BCUT2D eigenvalue weighted by Gasteiger charge is -2.13. The molecule has 1 N–H and O–H groups in total. The highest BCUT2D eigenvalue weighted by atomic mass is 15.4. The van der Waals surface area contributed by atoms with Gasteiger partial charge >= 0.3 is 0 Å². The zero-order valence-electron chi connectivity index (χ0n) is 9.89. The molecule has 0 unspecified atom stereocenters. The second kappa shape index (κ2) is 4.17. The predicted molar refractivity (Wildman–Crippen MR) is 62.3 cm³/mol. The topological polar surface area (TPSA) is 42.7 Å². The highest BCUT2D eigenvalue weighted by Gasteiger charge is 2.27. The van der Waals surface area contributed by atoms with E-state index in [1.807, 2.05) is 0 Å². The summed E-state index contributed by atoms with van der Waals surface area (Å²) in [7, 11) is 0. The maximum atomic E-state index is 4.36. The lowest BCUT2D eigenvalue weighted by atomic mass is 10.0. The van der Waals surface area contributed by atoms with E-state index >= 15 is 0 Å². The largest absolute Gasteiger partial charge is 0.314 e. The Kier molecular flexibility index (Phi) is 2.67. The Balaban J connectivity index is 1.76. The van der Waals surface area contributed by atoms with Crippen LogP contribution in [0.3, 0.4) is 0 Å². The second-order valence-electron chi connectivity index (χ2n) is 5.31. The van der Waals surface area contributed by atoms with Gasteiger partial charge in [0.15, 0.2) is 0 Å². The van der Waals surface area contributed by atoms with Crippen LogP contribution in [-0.4, -0.2) is 28.1 Å². The van der Waals surface area contributed by atoms with E-state index in [4.69, 9.17) is 0 Å². The molecule has 0 bridgehead atoms. The molecule has 88 valence electrons. The lowest BCUT2D eigenvalue weighted by molar-refractivity contribution is 0.392. The number of nitrogens with zero attached hydrogens (tertiary/aromatic N) is 3. The van der Waals surface area contributed by atoms with Crippen molar-refractivity contribution in [3.63, 3.8) is 0 Å². The Morgan fingerprint density at radius 3 is 2.81 bits per heavy atom. The molecule has 1 aromatic rings. The summed E-state index contributed by atoms with van der Waals surface area (Å²) < 4.78 is 2.08. The van der Waals surface area contributed by atoms with Crippen molar-refractivity contribution in [2.45, 2.75) is 44.6 Å². The van der Waals surface area contributed by atoms with E-state index < -0.39 is 0 Å². The maximum absolute atomic E-state index is 4.36. The van der Waals surface area contributed by atoms with Crippen LogP contribution in [0.25, 0.3) is 0 Å². The second-order valence-corrected chi connectivity index (χ2v) is 5.31. The summed E-state index contributed by atoms with van der Waals surface area (Å²) in [5.41, 5.74) is 1.22. The molecule has 1 aromatic heterocycles. The van der Waals surface area contributed by atoms with Gasteiger partial charge in [0.25, 0.3) is 0 Å². The third kappa shape index (κ3) is 1.75. The average Bonchev–Trinajstić information content (AvgIpc) is 2.96. The number of hydrogen-bond donors (Lipinski definition) is 1. The molecule has 0 amide bonds. The van der Waals surface area contributed by atoms with Crippen molar-refractivity contribution in [1.29, 1.82) is 0 Å². The summed E-state index contributed by atoms with van der Waals surface area (Å²) in [6.07, 6.45) is 7.51. The first-order valence-electron chi connectivity index (χ1n) is 6.47. The minimum atomic E-state index is 0.502. The van der Waals surface area contributed by atoms with Gasteiger partial charge in [-0.1, -0.05) is 25.0 Å². The van der Waals surface area contributed by atoms with E-state index in [0.29, 0.717) is 17.9 Å². The fourth-order valence-corrected chi connectivity index (χ4v) is 3.01. The first-order chi connectivity index (χ1) is 7.84. The molecule has 0 spiro atoms. The summed E-state index contributed by atoms with van der Waals surface area (Å²) in [5.74, 6) is 1.34. The first-order valence-corrected chi connectivity index (χ1v) is 6.47. The molecule has 2 heterocycles. The fourth-order valence-electron chi connectivity index (χ4n) is 3.01. The van der Waals surface area contributed by atoms with Crippen LogP contribution in [0, 0.1) is 5.92 Å². The third-order valence-corrected chi connectivity index (χ3v) is 4.12. The molecular weight excluding hydrogens is 200 g/mol. The summed E-state index contributed by atoms with van der Waals surface area (Å²) in [6.45, 7) is 4.42. The quantitative estimate of drug-likeness (QED) is 0.825. The normalized spacial score (nSPS) is 31.3. The molecule has 16 heavy (non-hydrogen) atoms. The van der Waals surface area contributed by atoms with E-state index in [0.717, 1.165) is 13.1 Å². The van der Waals surface area contributed by atoms with Gasteiger partial charge in [-0.25, -0.2) is 4.68 Å². The highest BCUT2D eigenvalue weighted by Crippen LogP contribution is 2.33. The number of hydrogen-bond acceptors (Lipinski definition) is 3. The van der Waals surface area contributed by atoms with E-state index in [1.54, 1.807) is 0 Å². The molecule has 0 radical (unpaired) electrons.